The Morgan fingerprint density at radius 3 is 2.50 bits per heavy atom. The van der Waals surface area contributed by atoms with Crippen LogP contribution in [0.5, 0.6) is 0 Å². The summed E-state index contributed by atoms with van der Waals surface area (Å²) >= 11 is 0. The van der Waals surface area contributed by atoms with Gasteiger partial charge in [-0.1, -0.05) is 30.3 Å². The molecule has 0 saturated carbocycles. The summed E-state index contributed by atoms with van der Waals surface area (Å²) in [5, 5.41) is 24.6. The first-order chi connectivity index (χ1) is 7.33. The van der Waals surface area contributed by atoms with Crippen molar-refractivity contribution in [2.24, 2.45) is 12.2 Å². The zero-order chi connectivity index (χ0) is 10.7. The van der Waals surface area contributed by atoms with E-state index in [0.29, 0.717) is 11.4 Å². The largest absolute Gasteiger partial charge is 1.00 e. The summed E-state index contributed by atoms with van der Waals surface area (Å²) in [7, 11) is 1.66. The van der Waals surface area contributed by atoms with Crippen molar-refractivity contribution in [1.29, 1.82) is 0 Å². The van der Waals surface area contributed by atoms with Gasteiger partial charge in [0.05, 0.1) is 0 Å². The molecule has 0 fully saturated rings. The van der Waals surface area contributed by atoms with E-state index in [1.807, 2.05) is 18.2 Å². The third kappa shape index (κ3) is 2.29. The van der Waals surface area contributed by atoms with E-state index in [9.17, 15) is 5.21 Å². The molecule has 0 N–H and O–H groups in total. The van der Waals surface area contributed by atoms with Crippen LogP contribution in [-0.2, 0) is 7.05 Å². The molecule has 0 unspecified atom stereocenters. The molecule has 0 aliphatic heterocycles. The van der Waals surface area contributed by atoms with Crippen molar-refractivity contribution in [3.63, 3.8) is 0 Å². The minimum absolute atomic E-state index is 0. The number of benzene rings is 1. The zero-order valence-corrected chi connectivity index (χ0v) is 9.03. The van der Waals surface area contributed by atoms with Crippen LogP contribution in [0.2, 0.25) is 0 Å². The van der Waals surface area contributed by atoms with Crippen LogP contribution >= 0.6 is 0 Å². The Hall–Kier alpha value is -1.64. The van der Waals surface area contributed by atoms with Gasteiger partial charge in [0.25, 0.3) is 0 Å². The van der Waals surface area contributed by atoms with Gasteiger partial charge in [0.1, 0.15) is 5.71 Å². The smallest absolute Gasteiger partial charge is 0.791 e. The van der Waals surface area contributed by atoms with Gasteiger partial charge in [0.15, 0.2) is 5.82 Å². The van der Waals surface area contributed by atoms with E-state index in [2.05, 4.69) is 20.7 Å². The minimum Gasteiger partial charge on any atom is -0.791 e. The molecule has 0 bridgehead atoms. The molecular formula is C9H8LiN5O. The maximum atomic E-state index is 10.8. The first-order valence-corrected chi connectivity index (χ1v) is 4.31. The fourth-order valence-corrected chi connectivity index (χ4v) is 1.25. The molecule has 1 aromatic carbocycles. The fraction of sp³-hybridized carbons (Fsp3) is 0.111. The summed E-state index contributed by atoms with van der Waals surface area (Å²) in [5.41, 5.74) is 0.938. The van der Waals surface area contributed by atoms with Gasteiger partial charge in [-0.25, -0.2) is 4.68 Å². The summed E-state index contributed by atoms with van der Waals surface area (Å²) in [4.78, 5) is 0. The maximum Gasteiger partial charge on any atom is 1.00 e. The van der Waals surface area contributed by atoms with E-state index >= 15 is 0 Å². The van der Waals surface area contributed by atoms with Gasteiger partial charge in [0.2, 0.25) is 0 Å². The average Bonchev–Trinajstić information content (AvgIpc) is 2.68. The average molecular weight is 209 g/mol. The SMILES string of the molecule is Cn1nnnc1/C(=N\[O-])c1ccccc1.[Li+]. The second-order valence-corrected chi connectivity index (χ2v) is 2.93. The molecule has 0 amide bonds. The zero-order valence-electron chi connectivity index (χ0n) is 9.03. The first kappa shape index (κ1) is 12.4. The van der Waals surface area contributed by atoms with Gasteiger partial charge in [-0.3, -0.25) is 0 Å². The summed E-state index contributed by atoms with van der Waals surface area (Å²) < 4.78 is 1.41. The minimum atomic E-state index is 0. The second-order valence-electron chi connectivity index (χ2n) is 2.93. The van der Waals surface area contributed by atoms with Crippen molar-refractivity contribution >= 4 is 5.71 Å². The number of hydrogen-bond acceptors (Lipinski definition) is 5. The van der Waals surface area contributed by atoms with Crippen LogP contribution in [-0.4, -0.2) is 25.9 Å². The molecule has 16 heavy (non-hydrogen) atoms. The Bertz CT molecular complexity index is 482. The predicted octanol–water partition coefficient (Wildman–Crippen LogP) is -2.45. The number of nitrogens with zero attached hydrogens (tertiary/aromatic N) is 5. The molecule has 1 aromatic heterocycles. The molecule has 7 heteroatoms. The number of rotatable bonds is 2. The van der Waals surface area contributed by atoms with Crippen LogP contribution in [0.3, 0.4) is 0 Å². The molecule has 2 rings (SSSR count). The third-order valence-corrected chi connectivity index (χ3v) is 1.97. The van der Waals surface area contributed by atoms with Crippen molar-refractivity contribution in [3.05, 3.63) is 46.9 Å². The van der Waals surface area contributed by atoms with Crippen molar-refractivity contribution in [3.8, 4) is 0 Å². The quantitative estimate of drug-likeness (QED) is 0.312. The van der Waals surface area contributed by atoms with E-state index in [1.54, 1.807) is 19.2 Å². The van der Waals surface area contributed by atoms with Crippen LogP contribution in [0, 0.1) is 5.21 Å². The Morgan fingerprint density at radius 2 is 2.00 bits per heavy atom. The van der Waals surface area contributed by atoms with Gasteiger partial charge >= 0.3 is 18.9 Å². The normalized spacial score (nSPS) is 10.9. The Balaban J connectivity index is 0.00000128. The molecule has 0 atom stereocenters. The number of tetrazole rings is 1. The number of aromatic nitrogens is 4. The van der Waals surface area contributed by atoms with Crippen LogP contribution in [0.4, 0.5) is 0 Å². The van der Waals surface area contributed by atoms with Gasteiger partial charge in [0, 0.05) is 12.6 Å². The van der Waals surface area contributed by atoms with E-state index in [-0.39, 0.29) is 24.6 Å². The summed E-state index contributed by atoms with van der Waals surface area (Å²) in [5.74, 6) is 0.358. The summed E-state index contributed by atoms with van der Waals surface area (Å²) in [6, 6.07) is 9.08. The fourth-order valence-electron chi connectivity index (χ4n) is 1.25. The molecule has 1 heterocycles. The summed E-state index contributed by atoms with van der Waals surface area (Å²) in [6.07, 6.45) is 0. The van der Waals surface area contributed by atoms with E-state index in [1.165, 1.54) is 4.68 Å². The molecule has 0 aliphatic rings. The van der Waals surface area contributed by atoms with Gasteiger partial charge in [-0.05, 0) is 10.4 Å². The van der Waals surface area contributed by atoms with Gasteiger partial charge in [-0.15, -0.1) is 5.10 Å². The molecule has 0 saturated heterocycles. The Kier molecular flexibility index (Phi) is 4.23. The third-order valence-electron chi connectivity index (χ3n) is 1.97. The molecule has 0 aliphatic carbocycles. The molecule has 76 valence electrons. The van der Waals surface area contributed by atoms with Crippen LogP contribution < -0.4 is 18.9 Å². The van der Waals surface area contributed by atoms with Crippen LogP contribution in [0.1, 0.15) is 11.4 Å². The predicted molar refractivity (Wildman–Crippen MR) is 54.2 cm³/mol. The van der Waals surface area contributed by atoms with Gasteiger partial charge in [-0.2, -0.15) is 0 Å². The molecule has 2 aromatic rings. The second kappa shape index (κ2) is 5.44. The molecular weight excluding hydrogens is 201 g/mol. The monoisotopic (exact) mass is 209 g/mol. The van der Waals surface area contributed by atoms with Crippen molar-refractivity contribution in [2.75, 3.05) is 0 Å². The van der Waals surface area contributed by atoms with Crippen molar-refractivity contribution < 1.29 is 18.9 Å². The topological polar surface area (TPSA) is 79.0 Å². The van der Waals surface area contributed by atoms with E-state index < -0.39 is 0 Å². The standard InChI is InChI=1S/C9H9N5O.Li/c1-14-9(10-12-13-14)8(11-15)7-5-3-2-4-6-7;/h2-6,15H,1H3;/q;+1/p-1/b11-8-;. The van der Waals surface area contributed by atoms with Crippen molar-refractivity contribution in [1.82, 2.24) is 20.2 Å². The van der Waals surface area contributed by atoms with Crippen LogP contribution in [0.25, 0.3) is 0 Å². The molecule has 0 radical (unpaired) electrons. The first-order valence-electron chi connectivity index (χ1n) is 4.31. The number of aryl methyl sites for hydroxylation is 1. The van der Waals surface area contributed by atoms with Gasteiger partial charge < -0.3 is 10.4 Å². The van der Waals surface area contributed by atoms with E-state index in [0.717, 1.165) is 0 Å². The Morgan fingerprint density at radius 1 is 1.31 bits per heavy atom. The maximum absolute atomic E-state index is 10.8. The summed E-state index contributed by atoms with van der Waals surface area (Å²) in [6.45, 7) is 0. The number of hydrogen-bond donors (Lipinski definition) is 0. The van der Waals surface area contributed by atoms with E-state index in [4.69, 9.17) is 0 Å². The van der Waals surface area contributed by atoms with Crippen LogP contribution in [0.15, 0.2) is 35.5 Å². The van der Waals surface area contributed by atoms with Crippen molar-refractivity contribution in [2.45, 2.75) is 0 Å². The molecule has 0 spiro atoms. The Labute approximate surface area is 104 Å². The molecule has 6 nitrogen and oxygen atoms in total.